The lowest BCUT2D eigenvalue weighted by atomic mass is 9.50. The summed E-state index contributed by atoms with van der Waals surface area (Å²) < 4.78 is 11.2. The summed E-state index contributed by atoms with van der Waals surface area (Å²) in [7, 11) is 1.65. The zero-order valence-corrected chi connectivity index (χ0v) is 20.4. The summed E-state index contributed by atoms with van der Waals surface area (Å²) in [5, 5.41) is 20.4. The lowest BCUT2D eigenvalue weighted by Gasteiger charge is -2.54. The van der Waals surface area contributed by atoms with Crippen LogP contribution in [-0.2, 0) is 10.2 Å². The molecule has 3 aliphatic rings. The van der Waals surface area contributed by atoms with Crippen molar-refractivity contribution in [3.63, 3.8) is 0 Å². The van der Waals surface area contributed by atoms with Gasteiger partial charge in [-0.1, -0.05) is 32.4 Å². The minimum absolute atomic E-state index is 0.103. The first-order valence-corrected chi connectivity index (χ1v) is 12.3. The quantitative estimate of drug-likeness (QED) is 0.337. The number of nitrogens with zero attached hydrogens (tertiary/aromatic N) is 2. The molecule has 5 nitrogen and oxygen atoms in total. The molecule has 3 fully saturated rings. The molecule has 0 unspecified atom stereocenters. The van der Waals surface area contributed by atoms with Crippen LogP contribution in [0.15, 0.2) is 30.3 Å². The lowest BCUT2D eigenvalue weighted by Crippen LogP contribution is -2.44. The molecule has 0 amide bonds. The molecule has 5 rings (SSSR count). The van der Waals surface area contributed by atoms with Gasteiger partial charge in [0.1, 0.15) is 23.6 Å². The molecular formula is C29H32N2O3. The molecule has 2 aromatic carbocycles. The Bertz CT molecular complexity index is 1140. The molecule has 3 saturated carbocycles. The maximum Gasteiger partial charge on any atom is 0.310 e. The van der Waals surface area contributed by atoms with Crippen LogP contribution in [0.4, 0.5) is 0 Å². The number of nitriles is 2. The molecule has 0 aliphatic heterocycles. The van der Waals surface area contributed by atoms with E-state index in [1.54, 1.807) is 26.2 Å². The van der Waals surface area contributed by atoms with Crippen LogP contribution in [0.1, 0.15) is 88.3 Å². The summed E-state index contributed by atoms with van der Waals surface area (Å²) in [5.74, 6) is 0.847. The van der Waals surface area contributed by atoms with Crippen molar-refractivity contribution >= 4 is 5.97 Å². The van der Waals surface area contributed by atoms with E-state index in [1.807, 2.05) is 18.2 Å². The summed E-state index contributed by atoms with van der Waals surface area (Å²) in [6.45, 7) is 4.01. The summed E-state index contributed by atoms with van der Waals surface area (Å²) in [5.41, 5.74) is 3.56. The number of esters is 1. The summed E-state index contributed by atoms with van der Waals surface area (Å²) in [6, 6.07) is 13.7. The SMILES string of the molecule is CCCC12CCC(c3c(OC)cc(-c4ccc(OC(=O)CC)cc4)c(C#N)c3C#N)(CC1)CC2. The largest absolute Gasteiger partial charge is 0.496 e. The number of rotatable bonds is 7. The minimum Gasteiger partial charge on any atom is -0.496 e. The Labute approximate surface area is 202 Å². The van der Waals surface area contributed by atoms with Crippen molar-refractivity contribution in [1.29, 1.82) is 10.5 Å². The van der Waals surface area contributed by atoms with Crippen molar-refractivity contribution < 1.29 is 14.3 Å². The van der Waals surface area contributed by atoms with Crippen molar-refractivity contribution in [2.75, 3.05) is 7.11 Å². The Morgan fingerprint density at radius 2 is 1.59 bits per heavy atom. The second kappa shape index (κ2) is 9.51. The number of ether oxygens (including phenoxy) is 2. The molecule has 0 saturated heterocycles. The van der Waals surface area contributed by atoms with E-state index in [1.165, 1.54) is 32.1 Å². The van der Waals surface area contributed by atoms with Crippen molar-refractivity contribution in [1.82, 2.24) is 0 Å². The molecule has 0 heterocycles. The highest BCUT2D eigenvalue weighted by atomic mass is 16.5. The number of hydrogen-bond acceptors (Lipinski definition) is 5. The first-order chi connectivity index (χ1) is 16.4. The number of methoxy groups -OCH3 is 1. The van der Waals surface area contributed by atoms with Crippen LogP contribution in [0.25, 0.3) is 11.1 Å². The first kappa shape index (κ1) is 23.8. The fourth-order valence-corrected chi connectivity index (χ4v) is 6.25. The van der Waals surface area contributed by atoms with Gasteiger partial charge in [-0.15, -0.1) is 0 Å². The van der Waals surface area contributed by atoms with Crippen LogP contribution in [0.2, 0.25) is 0 Å². The third-order valence-corrected chi connectivity index (χ3v) is 8.13. The Morgan fingerprint density at radius 1 is 0.971 bits per heavy atom. The van der Waals surface area contributed by atoms with Crippen LogP contribution in [0.3, 0.4) is 0 Å². The lowest BCUT2D eigenvalue weighted by molar-refractivity contribution is -0.134. The molecule has 3 aliphatic carbocycles. The average Bonchev–Trinajstić information content (AvgIpc) is 2.88. The molecule has 2 bridgehead atoms. The Morgan fingerprint density at radius 3 is 2.09 bits per heavy atom. The molecule has 0 aromatic heterocycles. The maximum absolute atomic E-state index is 11.6. The van der Waals surface area contributed by atoms with Crippen LogP contribution in [0.5, 0.6) is 11.5 Å². The van der Waals surface area contributed by atoms with Crippen LogP contribution in [-0.4, -0.2) is 13.1 Å². The fraction of sp³-hybridized carbons (Fsp3) is 0.483. The number of carbonyl (C=O) groups excluding carboxylic acids is 1. The van der Waals surface area contributed by atoms with Gasteiger partial charge in [-0.2, -0.15) is 10.5 Å². The summed E-state index contributed by atoms with van der Waals surface area (Å²) in [6.07, 6.45) is 9.44. The van der Waals surface area contributed by atoms with E-state index in [-0.39, 0.29) is 11.4 Å². The van der Waals surface area contributed by atoms with Crippen LogP contribution in [0, 0.1) is 28.1 Å². The van der Waals surface area contributed by atoms with Crippen molar-refractivity contribution in [2.24, 2.45) is 5.41 Å². The smallest absolute Gasteiger partial charge is 0.310 e. The zero-order valence-electron chi connectivity index (χ0n) is 20.4. The molecule has 0 N–H and O–H groups in total. The highest BCUT2D eigenvalue weighted by molar-refractivity contribution is 5.79. The molecule has 0 spiro atoms. The molecular weight excluding hydrogens is 424 g/mol. The number of carbonyl (C=O) groups is 1. The fourth-order valence-electron chi connectivity index (χ4n) is 6.25. The van der Waals surface area contributed by atoms with Gasteiger partial charge in [0.05, 0.1) is 18.2 Å². The highest BCUT2D eigenvalue weighted by Crippen LogP contribution is 2.61. The monoisotopic (exact) mass is 456 g/mol. The number of benzene rings is 2. The average molecular weight is 457 g/mol. The first-order valence-electron chi connectivity index (χ1n) is 12.3. The van der Waals surface area contributed by atoms with Gasteiger partial charge in [0.15, 0.2) is 0 Å². The molecule has 34 heavy (non-hydrogen) atoms. The van der Waals surface area contributed by atoms with Gasteiger partial charge in [-0.3, -0.25) is 4.79 Å². The van der Waals surface area contributed by atoms with E-state index in [2.05, 4.69) is 19.1 Å². The van der Waals surface area contributed by atoms with Crippen LogP contribution >= 0.6 is 0 Å². The third-order valence-electron chi connectivity index (χ3n) is 8.13. The third kappa shape index (κ3) is 4.05. The summed E-state index contributed by atoms with van der Waals surface area (Å²) >= 11 is 0. The zero-order chi connectivity index (χ0) is 24.3. The van der Waals surface area contributed by atoms with Gasteiger partial charge in [0, 0.05) is 23.0 Å². The van der Waals surface area contributed by atoms with Gasteiger partial charge >= 0.3 is 5.97 Å². The van der Waals surface area contributed by atoms with E-state index in [4.69, 9.17) is 9.47 Å². The predicted octanol–water partition coefficient (Wildman–Crippen LogP) is 6.81. The maximum atomic E-state index is 11.6. The normalized spacial score (nSPS) is 23.1. The highest BCUT2D eigenvalue weighted by Gasteiger charge is 2.51. The molecule has 0 radical (unpaired) electrons. The predicted molar refractivity (Wildman–Crippen MR) is 131 cm³/mol. The molecule has 2 aromatic rings. The van der Waals surface area contributed by atoms with Crippen molar-refractivity contribution in [2.45, 2.75) is 77.0 Å². The van der Waals surface area contributed by atoms with E-state index in [9.17, 15) is 15.3 Å². The number of fused-ring (bicyclic) bond motifs is 3. The second-order valence-electron chi connectivity index (χ2n) is 9.86. The van der Waals surface area contributed by atoms with E-state index < -0.39 is 0 Å². The Hall–Kier alpha value is -3.31. The van der Waals surface area contributed by atoms with Gasteiger partial charge in [0.2, 0.25) is 0 Å². The van der Waals surface area contributed by atoms with E-state index >= 15 is 0 Å². The van der Waals surface area contributed by atoms with Crippen molar-refractivity contribution in [3.05, 3.63) is 47.0 Å². The van der Waals surface area contributed by atoms with E-state index in [0.717, 1.165) is 30.4 Å². The van der Waals surface area contributed by atoms with Crippen LogP contribution < -0.4 is 9.47 Å². The minimum atomic E-state index is -0.301. The molecule has 0 atom stereocenters. The topological polar surface area (TPSA) is 83.1 Å². The summed E-state index contributed by atoms with van der Waals surface area (Å²) in [4.78, 5) is 11.6. The van der Waals surface area contributed by atoms with Gasteiger partial charge in [-0.05, 0) is 74.1 Å². The van der Waals surface area contributed by atoms with Gasteiger partial charge < -0.3 is 9.47 Å². The molecule has 5 heteroatoms. The second-order valence-corrected chi connectivity index (χ2v) is 9.86. The standard InChI is InChI=1S/C29H32N2O3/c1-4-10-28-11-14-29(15-12-28,16-13-28)27-24(19-31)23(18-30)22(17-25(27)33-3)20-6-8-21(9-7-20)34-26(32)5-2/h6-9,17H,4-5,10-16H2,1-3H3. The molecule has 176 valence electrons. The van der Waals surface area contributed by atoms with E-state index in [0.29, 0.717) is 40.0 Å². The number of hydrogen-bond donors (Lipinski definition) is 0. The van der Waals surface area contributed by atoms with Crippen molar-refractivity contribution in [3.8, 4) is 34.8 Å². The van der Waals surface area contributed by atoms with Gasteiger partial charge in [-0.25, -0.2) is 0 Å². The van der Waals surface area contributed by atoms with Gasteiger partial charge in [0.25, 0.3) is 0 Å². The Balaban J connectivity index is 1.78. The Kier molecular flexibility index (Phi) is 6.67.